The highest BCUT2D eigenvalue weighted by molar-refractivity contribution is 6.31. The summed E-state index contributed by atoms with van der Waals surface area (Å²) in [7, 11) is 0. The molecule has 0 saturated heterocycles. The number of rotatable bonds is 3. The molecule has 3 rings (SSSR count). The molecule has 0 aliphatic carbocycles. The zero-order valence-electron chi connectivity index (χ0n) is 10.7. The van der Waals surface area contributed by atoms with Crippen LogP contribution in [0.3, 0.4) is 0 Å². The van der Waals surface area contributed by atoms with Crippen LogP contribution in [0.2, 0.25) is 5.02 Å². The van der Waals surface area contributed by atoms with E-state index in [4.69, 9.17) is 11.6 Å². The zero-order chi connectivity index (χ0) is 13.2. The number of benzene rings is 2. The van der Waals surface area contributed by atoms with Gasteiger partial charge in [0.05, 0.1) is 0 Å². The van der Waals surface area contributed by atoms with Crippen LogP contribution in [-0.4, -0.2) is 4.98 Å². The molecule has 3 aromatic rings. The Bertz CT molecular complexity index is 716. The van der Waals surface area contributed by atoms with Crippen LogP contribution >= 0.6 is 11.6 Å². The van der Waals surface area contributed by atoms with E-state index in [1.807, 2.05) is 25.3 Å². The van der Waals surface area contributed by atoms with Gasteiger partial charge in [-0.1, -0.05) is 29.8 Å². The van der Waals surface area contributed by atoms with Crippen LogP contribution in [0.15, 0.2) is 48.7 Å². The standard InChI is InChI=1S/C16H15ClN2/c1-11-14(17)5-3-6-15(11)19-10-12-4-2-7-16-13(12)8-9-18-16/h2-9,18-19H,10H2,1H3. The van der Waals surface area contributed by atoms with Crippen molar-refractivity contribution in [3.05, 3.63) is 64.8 Å². The number of nitrogens with one attached hydrogen (secondary N) is 2. The summed E-state index contributed by atoms with van der Waals surface area (Å²) in [6.45, 7) is 2.82. The molecule has 0 radical (unpaired) electrons. The van der Waals surface area contributed by atoms with E-state index in [0.29, 0.717) is 0 Å². The third-order valence-electron chi connectivity index (χ3n) is 3.42. The van der Waals surface area contributed by atoms with Crippen LogP contribution < -0.4 is 5.32 Å². The number of aromatic nitrogens is 1. The van der Waals surface area contributed by atoms with Crippen LogP contribution in [0.1, 0.15) is 11.1 Å². The van der Waals surface area contributed by atoms with E-state index in [9.17, 15) is 0 Å². The largest absolute Gasteiger partial charge is 0.381 e. The average molecular weight is 271 g/mol. The molecular weight excluding hydrogens is 256 g/mol. The number of aromatic amines is 1. The molecular formula is C16H15ClN2. The first kappa shape index (κ1) is 12.1. The van der Waals surface area contributed by atoms with Gasteiger partial charge in [0.1, 0.15) is 0 Å². The Morgan fingerprint density at radius 2 is 1.95 bits per heavy atom. The van der Waals surface area contributed by atoms with Crippen LogP contribution in [0.4, 0.5) is 5.69 Å². The lowest BCUT2D eigenvalue weighted by atomic mass is 10.1. The lowest BCUT2D eigenvalue weighted by Gasteiger charge is -2.11. The van der Waals surface area contributed by atoms with Gasteiger partial charge in [0.15, 0.2) is 0 Å². The van der Waals surface area contributed by atoms with Crippen molar-refractivity contribution in [1.82, 2.24) is 4.98 Å². The van der Waals surface area contributed by atoms with Crippen molar-refractivity contribution in [2.24, 2.45) is 0 Å². The summed E-state index contributed by atoms with van der Waals surface area (Å²) in [5.41, 5.74) is 4.62. The Morgan fingerprint density at radius 3 is 2.84 bits per heavy atom. The van der Waals surface area contributed by atoms with Crippen LogP contribution in [0.5, 0.6) is 0 Å². The maximum absolute atomic E-state index is 6.13. The van der Waals surface area contributed by atoms with Gasteiger partial charge in [-0.3, -0.25) is 0 Å². The predicted octanol–water partition coefficient (Wildman–Crippen LogP) is 4.74. The van der Waals surface area contributed by atoms with Crippen molar-refractivity contribution >= 4 is 28.2 Å². The first-order valence-corrected chi connectivity index (χ1v) is 6.67. The van der Waals surface area contributed by atoms with Gasteiger partial charge in [0.2, 0.25) is 0 Å². The monoisotopic (exact) mass is 270 g/mol. The summed E-state index contributed by atoms with van der Waals surface area (Å²) >= 11 is 6.13. The van der Waals surface area contributed by atoms with E-state index >= 15 is 0 Å². The van der Waals surface area contributed by atoms with Crippen molar-refractivity contribution in [3.8, 4) is 0 Å². The lowest BCUT2D eigenvalue weighted by Crippen LogP contribution is -2.01. The highest BCUT2D eigenvalue weighted by Gasteiger charge is 2.04. The fourth-order valence-electron chi connectivity index (χ4n) is 2.29. The molecule has 0 aliphatic rings. The molecule has 0 atom stereocenters. The minimum absolute atomic E-state index is 0.788. The topological polar surface area (TPSA) is 27.8 Å². The molecule has 2 nitrogen and oxygen atoms in total. The molecule has 0 aliphatic heterocycles. The Kier molecular flexibility index (Phi) is 3.18. The van der Waals surface area contributed by atoms with E-state index in [0.717, 1.165) is 22.8 Å². The predicted molar refractivity (Wildman–Crippen MR) is 81.8 cm³/mol. The van der Waals surface area contributed by atoms with E-state index in [2.05, 4.69) is 40.6 Å². The molecule has 2 aromatic carbocycles. The SMILES string of the molecule is Cc1c(Cl)cccc1NCc1cccc2[nH]ccc12. The number of halogens is 1. The number of hydrogen-bond acceptors (Lipinski definition) is 1. The Morgan fingerprint density at radius 1 is 1.11 bits per heavy atom. The van der Waals surface area contributed by atoms with Crippen LogP contribution in [0.25, 0.3) is 10.9 Å². The zero-order valence-corrected chi connectivity index (χ0v) is 11.5. The van der Waals surface area contributed by atoms with Crippen LogP contribution in [0, 0.1) is 6.92 Å². The quantitative estimate of drug-likeness (QED) is 0.707. The summed E-state index contributed by atoms with van der Waals surface area (Å²) in [5, 5.41) is 5.51. The van der Waals surface area contributed by atoms with Crippen molar-refractivity contribution in [3.63, 3.8) is 0 Å². The van der Waals surface area contributed by atoms with Gasteiger partial charge in [0.25, 0.3) is 0 Å². The molecule has 1 aromatic heterocycles. The second-order valence-electron chi connectivity index (χ2n) is 4.62. The van der Waals surface area contributed by atoms with E-state index < -0.39 is 0 Å². The van der Waals surface area contributed by atoms with Gasteiger partial charge in [-0.2, -0.15) is 0 Å². The van der Waals surface area contributed by atoms with Gasteiger partial charge >= 0.3 is 0 Å². The Balaban J connectivity index is 1.86. The molecule has 0 saturated carbocycles. The van der Waals surface area contributed by atoms with E-state index in [1.165, 1.54) is 16.5 Å². The molecule has 0 spiro atoms. The first-order valence-electron chi connectivity index (χ1n) is 6.29. The fraction of sp³-hybridized carbons (Fsp3) is 0.125. The molecule has 1 heterocycles. The molecule has 2 N–H and O–H groups in total. The summed E-state index contributed by atoms with van der Waals surface area (Å²) in [6, 6.07) is 14.3. The summed E-state index contributed by atoms with van der Waals surface area (Å²) in [5.74, 6) is 0. The van der Waals surface area contributed by atoms with Gasteiger partial charge in [0, 0.05) is 34.4 Å². The number of anilines is 1. The second-order valence-corrected chi connectivity index (χ2v) is 5.03. The minimum atomic E-state index is 0.788. The van der Waals surface area contributed by atoms with E-state index in [-0.39, 0.29) is 0 Å². The number of hydrogen-bond donors (Lipinski definition) is 2. The summed E-state index contributed by atoms with van der Waals surface area (Å²) in [6.07, 6.45) is 1.97. The maximum Gasteiger partial charge on any atom is 0.0457 e. The fourth-order valence-corrected chi connectivity index (χ4v) is 2.47. The lowest BCUT2D eigenvalue weighted by molar-refractivity contribution is 1.16. The van der Waals surface area contributed by atoms with Crippen LogP contribution in [-0.2, 0) is 6.54 Å². The molecule has 0 fully saturated rings. The third kappa shape index (κ3) is 2.32. The molecule has 96 valence electrons. The highest BCUT2D eigenvalue weighted by atomic mass is 35.5. The van der Waals surface area contributed by atoms with Gasteiger partial charge in [-0.25, -0.2) is 0 Å². The van der Waals surface area contributed by atoms with Gasteiger partial charge in [-0.05, 0) is 42.3 Å². The normalized spacial score (nSPS) is 10.8. The van der Waals surface area contributed by atoms with Crippen molar-refractivity contribution in [2.75, 3.05) is 5.32 Å². The molecule has 0 unspecified atom stereocenters. The average Bonchev–Trinajstić information content (AvgIpc) is 2.89. The number of H-pyrrole nitrogens is 1. The smallest absolute Gasteiger partial charge is 0.0457 e. The summed E-state index contributed by atoms with van der Waals surface area (Å²) in [4.78, 5) is 3.23. The molecule has 19 heavy (non-hydrogen) atoms. The maximum atomic E-state index is 6.13. The molecule has 0 amide bonds. The highest BCUT2D eigenvalue weighted by Crippen LogP contribution is 2.24. The third-order valence-corrected chi connectivity index (χ3v) is 3.83. The first-order chi connectivity index (χ1) is 9.25. The summed E-state index contributed by atoms with van der Waals surface area (Å²) < 4.78 is 0. The van der Waals surface area contributed by atoms with E-state index in [1.54, 1.807) is 0 Å². The number of fused-ring (bicyclic) bond motifs is 1. The Hall–Kier alpha value is -1.93. The Labute approximate surface area is 117 Å². The van der Waals surface area contributed by atoms with Crippen molar-refractivity contribution in [1.29, 1.82) is 0 Å². The minimum Gasteiger partial charge on any atom is -0.381 e. The second kappa shape index (κ2) is 4.98. The van der Waals surface area contributed by atoms with Gasteiger partial charge < -0.3 is 10.3 Å². The van der Waals surface area contributed by atoms with Gasteiger partial charge in [-0.15, -0.1) is 0 Å². The molecule has 0 bridgehead atoms. The molecule has 3 heteroatoms. The van der Waals surface area contributed by atoms with Crippen molar-refractivity contribution < 1.29 is 0 Å². The van der Waals surface area contributed by atoms with Crippen molar-refractivity contribution in [2.45, 2.75) is 13.5 Å².